The summed E-state index contributed by atoms with van der Waals surface area (Å²) in [5.41, 5.74) is 4.44. The van der Waals surface area contributed by atoms with E-state index < -0.39 is 39.8 Å². The van der Waals surface area contributed by atoms with Gasteiger partial charge in [-0.15, -0.1) is 11.3 Å². The van der Waals surface area contributed by atoms with Gasteiger partial charge in [0.25, 0.3) is 0 Å². The van der Waals surface area contributed by atoms with Gasteiger partial charge in [0.2, 0.25) is 5.91 Å². The van der Waals surface area contributed by atoms with Crippen molar-refractivity contribution in [2.75, 3.05) is 16.4 Å². The Morgan fingerprint density at radius 2 is 1.93 bits per heavy atom. The number of thiazole rings is 1. The van der Waals surface area contributed by atoms with Gasteiger partial charge in [-0.1, -0.05) is 6.07 Å². The molecule has 0 spiro atoms. The molecule has 1 aliphatic heterocycles. The molecule has 4 aromatic rings. The van der Waals surface area contributed by atoms with Gasteiger partial charge in [0.05, 0.1) is 15.2 Å². The molecule has 0 radical (unpaired) electrons. The summed E-state index contributed by atoms with van der Waals surface area (Å²) < 4.78 is 57.2. The standard InChI is InChI=1S/C25H23F2N7O4S2/c1-14-30-20-12-19(5-6-22(20)39-14)33(2)24(35)21(10-15-8-17(26)11-18(27)9-15)31-25(36)32-40(37,38)34-23-16(13-29-34)4-3-7-28-23/h3-9,11-12,21,29H,10,13H2,1-2H3,(H2,31,32,36). The molecule has 3 N–H and O–H groups in total. The van der Waals surface area contributed by atoms with Crippen molar-refractivity contribution in [2.24, 2.45) is 0 Å². The molecular formula is C25H23F2N7O4S2. The van der Waals surface area contributed by atoms with E-state index in [0.29, 0.717) is 22.8 Å². The maximum atomic E-state index is 13.9. The minimum atomic E-state index is -4.48. The molecule has 2 aromatic carbocycles. The van der Waals surface area contributed by atoms with E-state index in [-0.39, 0.29) is 24.3 Å². The number of hydrazine groups is 1. The summed E-state index contributed by atoms with van der Waals surface area (Å²) >= 11 is 1.49. The first-order valence-corrected chi connectivity index (χ1v) is 14.2. The van der Waals surface area contributed by atoms with Crippen LogP contribution < -0.4 is 24.8 Å². The predicted octanol–water partition coefficient (Wildman–Crippen LogP) is 2.92. The van der Waals surface area contributed by atoms with E-state index in [1.54, 1.807) is 30.3 Å². The minimum Gasteiger partial charge on any atom is -0.325 e. The first-order chi connectivity index (χ1) is 19.0. The van der Waals surface area contributed by atoms with Crippen molar-refractivity contribution in [3.8, 4) is 0 Å². The fourth-order valence-corrected chi connectivity index (χ4v) is 6.12. The minimum absolute atomic E-state index is 0.0809. The third-order valence-corrected chi connectivity index (χ3v) is 8.27. The van der Waals surface area contributed by atoms with Crippen LogP contribution in [-0.4, -0.2) is 43.4 Å². The molecule has 11 nitrogen and oxygen atoms in total. The van der Waals surface area contributed by atoms with Gasteiger partial charge in [0, 0.05) is 43.5 Å². The third kappa shape index (κ3) is 5.71. The van der Waals surface area contributed by atoms with Crippen LogP contribution in [-0.2, 0) is 28.0 Å². The van der Waals surface area contributed by atoms with Crippen LogP contribution in [0.1, 0.15) is 16.1 Å². The molecule has 2 aromatic heterocycles. The van der Waals surface area contributed by atoms with Crippen LogP contribution in [0.25, 0.3) is 10.2 Å². The van der Waals surface area contributed by atoms with Gasteiger partial charge in [-0.2, -0.15) is 12.8 Å². The first-order valence-electron chi connectivity index (χ1n) is 11.9. The number of carbonyl (C=O) groups excluding carboxylic acids is 2. The first kappa shape index (κ1) is 27.4. The Morgan fingerprint density at radius 3 is 2.67 bits per heavy atom. The molecule has 1 unspecified atom stereocenters. The summed E-state index contributed by atoms with van der Waals surface area (Å²) in [4.78, 5) is 36.2. The number of urea groups is 1. The Hall–Kier alpha value is -4.21. The van der Waals surface area contributed by atoms with Gasteiger partial charge in [0.15, 0.2) is 5.82 Å². The van der Waals surface area contributed by atoms with Crippen molar-refractivity contribution in [1.29, 1.82) is 0 Å². The average Bonchev–Trinajstić information content (AvgIpc) is 3.49. The molecule has 208 valence electrons. The lowest BCUT2D eigenvalue weighted by molar-refractivity contribution is -0.120. The second kappa shape index (κ2) is 10.7. The summed E-state index contributed by atoms with van der Waals surface area (Å²) in [6.45, 7) is 2.03. The number of carbonyl (C=O) groups is 2. The fraction of sp³-hybridized carbons (Fsp3) is 0.200. The van der Waals surface area contributed by atoms with Gasteiger partial charge < -0.3 is 10.2 Å². The number of anilines is 2. The molecule has 15 heteroatoms. The Morgan fingerprint density at radius 1 is 1.18 bits per heavy atom. The van der Waals surface area contributed by atoms with Gasteiger partial charge in [-0.25, -0.2) is 33.7 Å². The number of benzene rings is 2. The molecule has 0 aliphatic carbocycles. The van der Waals surface area contributed by atoms with Crippen LogP contribution >= 0.6 is 11.3 Å². The number of likely N-dealkylation sites (N-methyl/N-ethyl adjacent to an activating group) is 1. The number of hydrogen-bond acceptors (Lipinski definition) is 8. The van der Waals surface area contributed by atoms with Crippen LogP contribution in [0.5, 0.6) is 0 Å². The van der Waals surface area contributed by atoms with E-state index >= 15 is 0 Å². The maximum Gasteiger partial charge on any atom is 0.342 e. The fourth-order valence-electron chi connectivity index (χ4n) is 4.30. The lowest BCUT2D eigenvalue weighted by Crippen LogP contribution is -2.55. The lowest BCUT2D eigenvalue weighted by Gasteiger charge is -2.26. The summed E-state index contributed by atoms with van der Waals surface area (Å²) in [6.07, 6.45) is 1.08. The molecule has 1 aliphatic rings. The Kier molecular flexibility index (Phi) is 7.35. The van der Waals surface area contributed by atoms with Crippen LogP contribution in [0.15, 0.2) is 54.7 Å². The molecule has 3 heterocycles. The van der Waals surface area contributed by atoms with E-state index in [2.05, 4.69) is 20.7 Å². The summed E-state index contributed by atoms with van der Waals surface area (Å²) in [7, 11) is -3.01. The number of aromatic nitrogens is 2. The predicted molar refractivity (Wildman–Crippen MR) is 146 cm³/mol. The molecule has 1 atom stereocenters. The number of pyridine rings is 1. The number of halogens is 2. The highest BCUT2D eigenvalue weighted by Crippen LogP contribution is 2.27. The Balaban J connectivity index is 1.39. The highest BCUT2D eigenvalue weighted by Gasteiger charge is 2.33. The van der Waals surface area contributed by atoms with Crippen molar-refractivity contribution in [2.45, 2.75) is 25.9 Å². The number of amides is 3. The van der Waals surface area contributed by atoms with E-state index in [1.165, 1.54) is 29.5 Å². The quantitative estimate of drug-likeness (QED) is 0.303. The Bertz CT molecular complexity index is 1710. The van der Waals surface area contributed by atoms with Crippen LogP contribution in [0, 0.1) is 18.6 Å². The van der Waals surface area contributed by atoms with Crippen molar-refractivity contribution in [1.82, 2.24) is 25.4 Å². The zero-order valence-corrected chi connectivity index (χ0v) is 22.8. The van der Waals surface area contributed by atoms with Gasteiger partial charge in [-0.05, 0) is 48.9 Å². The summed E-state index contributed by atoms with van der Waals surface area (Å²) in [6, 6.07) is 8.64. The second-order valence-electron chi connectivity index (χ2n) is 8.98. The topological polar surface area (TPSA) is 137 Å². The second-order valence-corrected chi connectivity index (χ2v) is 11.7. The molecule has 0 bridgehead atoms. The van der Waals surface area contributed by atoms with Crippen molar-refractivity contribution >= 4 is 55.2 Å². The van der Waals surface area contributed by atoms with Crippen molar-refractivity contribution < 1.29 is 26.8 Å². The highest BCUT2D eigenvalue weighted by molar-refractivity contribution is 7.91. The van der Waals surface area contributed by atoms with Crippen LogP contribution in [0.3, 0.4) is 0 Å². The average molecular weight is 588 g/mol. The highest BCUT2D eigenvalue weighted by atomic mass is 32.2. The largest absolute Gasteiger partial charge is 0.342 e. The van der Waals surface area contributed by atoms with E-state index in [9.17, 15) is 26.8 Å². The third-order valence-electron chi connectivity index (χ3n) is 6.10. The Labute approximate surface area is 232 Å². The van der Waals surface area contributed by atoms with Crippen LogP contribution in [0.2, 0.25) is 0 Å². The van der Waals surface area contributed by atoms with E-state index in [1.807, 2.05) is 11.6 Å². The maximum absolute atomic E-state index is 13.9. The van der Waals surface area contributed by atoms with Crippen LogP contribution in [0.4, 0.5) is 25.1 Å². The van der Waals surface area contributed by atoms with Crippen molar-refractivity contribution in [3.05, 3.63) is 82.5 Å². The monoisotopic (exact) mass is 587 g/mol. The molecule has 0 saturated carbocycles. The van der Waals surface area contributed by atoms with Gasteiger partial charge in [-0.3, -0.25) is 4.79 Å². The van der Waals surface area contributed by atoms with Crippen molar-refractivity contribution in [3.63, 3.8) is 0 Å². The summed E-state index contributed by atoms with van der Waals surface area (Å²) in [5, 5.41) is 3.19. The molecule has 40 heavy (non-hydrogen) atoms. The molecule has 0 fully saturated rings. The zero-order valence-electron chi connectivity index (χ0n) is 21.2. The van der Waals surface area contributed by atoms with E-state index in [4.69, 9.17) is 0 Å². The molecule has 3 amide bonds. The molecule has 5 rings (SSSR count). The summed E-state index contributed by atoms with van der Waals surface area (Å²) in [5.74, 6) is -2.29. The number of nitrogens with zero attached hydrogens (tertiary/aromatic N) is 4. The normalized spacial score (nSPS) is 13.7. The number of aryl methyl sites for hydroxylation is 1. The number of hydrogen-bond donors (Lipinski definition) is 3. The SMILES string of the molecule is Cc1nc2cc(N(C)C(=O)C(Cc3cc(F)cc(F)c3)NC(=O)NS(=O)(=O)N3NCc4cccnc43)ccc2s1. The van der Waals surface area contributed by atoms with Gasteiger partial charge in [0.1, 0.15) is 17.7 Å². The number of nitrogens with one attached hydrogen (secondary N) is 3. The van der Waals surface area contributed by atoms with Gasteiger partial charge >= 0.3 is 16.2 Å². The number of fused-ring (bicyclic) bond motifs is 2. The smallest absolute Gasteiger partial charge is 0.325 e. The molecule has 0 saturated heterocycles. The lowest BCUT2D eigenvalue weighted by atomic mass is 10.0. The van der Waals surface area contributed by atoms with E-state index in [0.717, 1.165) is 26.3 Å². The molecular weight excluding hydrogens is 564 g/mol. The number of rotatable bonds is 7. The zero-order chi connectivity index (χ0) is 28.6.